The monoisotopic (exact) mass is 363 g/mol. The highest BCUT2D eigenvalue weighted by molar-refractivity contribution is 7.99. The molecule has 0 spiro atoms. The molecule has 0 aliphatic carbocycles. The second-order valence-corrected chi connectivity index (χ2v) is 6.28. The van der Waals surface area contributed by atoms with Gasteiger partial charge < -0.3 is 20.1 Å². The summed E-state index contributed by atoms with van der Waals surface area (Å²) in [4.78, 5) is 30.6. The van der Waals surface area contributed by atoms with Gasteiger partial charge in [0.2, 0.25) is 11.8 Å². The Hall–Kier alpha value is -2.48. The van der Waals surface area contributed by atoms with E-state index in [9.17, 15) is 14.7 Å². The minimum absolute atomic E-state index is 0.0364. The van der Waals surface area contributed by atoms with Gasteiger partial charge in [-0.25, -0.2) is 0 Å². The van der Waals surface area contributed by atoms with Gasteiger partial charge in [0.25, 0.3) is 5.56 Å². The first-order valence-electron chi connectivity index (χ1n) is 7.93. The van der Waals surface area contributed by atoms with Crippen LogP contribution in [0.25, 0.3) is 0 Å². The predicted molar refractivity (Wildman–Crippen MR) is 97.5 cm³/mol. The lowest BCUT2D eigenvalue weighted by Crippen LogP contribution is -2.17. The summed E-state index contributed by atoms with van der Waals surface area (Å²) in [5.41, 5.74) is 0.480. The minimum atomic E-state index is -0.367. The topological polar surface area (TPSA) is 104 Å². The van der Waals surface area contributed by atoms with Gasteiger partial charge >= 0.3 is 0 Å². The lowest BCUT2D eigenvalue weighted by Gasteiger charge is -2.09. The third-order valence-electron chi connectivity index (χ3n) is 3.47. The molecule has 1 amide bonds. The Bertz CT molecular complexity index is 792. The van der Waals surface area contributed by atoms with Crippen LogP contribution < -0.4 is 15.6 Å². The maximum absolute atomic E-state index is 12.1. The van der Waals surface area contributed by atoms with Crippen LogP contribution in [0.3, 0.4) is 0 Å². The summed E-state index contributed by atoms with van der Waals surface area (Å²) in [6.45, 7) is 2.00. The number of carbonyl (C=O) groups excluding carboxylic acids is 1. The zero-order chi connectivity index (χ0) is 18.2. The average molecular weight is 363 g/mol. The van der Waals surface area contributed by atoms with Crippen molar-refractivity contribution in [3.05, 3.63) is 40.2 Å². The van der Waals surface area contributed by atoms with Crippen molar-refractivity contribution in [2.75, 3.05) is 18.2 Å². The van der Waals surface area contributed by atoms with Crippen LogP contribution in [0.2, 0.25) is 0 Å². The number of amides is 1. The number of nitrogens with zero attached hydrogens (tertiary/aromatic N) is 1. The van der Waals surface area contributed by atoms with Crippen LogP contribution in [-0.4, -0.2) is 33.8 Å². The first-order chi connectivity index (χ1) is 12.0. The molecule has 2 aromatic rings. The van der Waals surface area contributed by atoms with E-state index in [1.165, 1.54) is 7.11 Å². The summed E-state index contributed by atoms with van der Waals surface area (Å²) in [6.07, 6.45) is 2.19. The first kappa shape index (κ1) is 18.9. The molecule has 0 bridgehead atoms. The van der Waals surface area contributed by atoms with Crippen LogP contribution in [0.1, 0.15) is 25.3 Å². The number of para-hydroxylation sites is 2. The number of anilines is 1. The SMILES string of the molecule is CCCCc1c(O)nc(SCC(=O)Nc2ccccc2OC)[nH]c1=O. The van der Waals surface area contributed by atoms with E-state index in [0.717, 1.165) is 24.6 Å². The molecule has 1 heterocycles. The Balaban J connectivity index is 1.99. The van der Waals surface area contributed by atoms with Gasteiger partial charge in [0, 0.05) is 0 Å². The quantitative estimate of drug-likeness (QED) is 0.492. The molecule has 1 aromatic carbocycles. The molecular weight excluding hydrogens is 342 g/mol. The number of carbonyl (C=O) groups is 1. The second kappa shape index (κ2) is 9.12. The third-order valence-corrected chi connectivity index (χ3v) is 4.35. The van der Waals surface area contributed by atoms with Crippen molar-refractivity contribution in [3.8, 4) is 11.6 Å². The molecule has 2 rings (SSSR count). The summed E-state index contributed by atoms with van der Waals surface area (Å²) < 4.78 is 5.17. The van der Waals surface area contributed by atoms with Gasteiger partial charge in [-0.15, -0.1) is 0 Å². The molecule has 25 heavy (non-hydrogen) atoms. The van der Waals surface area contributed by atoms with E-state index in [0.29, 0.717) is 17.9 Å². The second-order valence-electron chi connectivity index (χ2n) is 5.31. The Morgan fingerprint density at radius 2 is 2.16 bits per heavy atom. The number of thioether (sulfide) groups is 1. The number of nitrogens with one attached hydrogen (secondary N) is 2. The molecule has 0 unspecified atom stereocenters. The Morgan fingerprint density at radius 1 is 1.40 bits per heavy atom. The number of aromatic nitrogens is 2. The summed E-state index contributed by atoms with van der Waals surface area (Å²) in [6, 6.07) is 7.07. The maximum Gasteiger partial charge on any atom is 0.258 e. The summed E-state index contributed by atoms with van der Waals surface area (Å²) in [5.74, 6) is 0.0520. The van der Waals surface area contributed by atoms with Crippen LogP contribution in [-0.2, 0) is 11.2 Å². The number of aromatic amines is 1. The fraction of sp³-hybridized carbons (Fsp3) is 0.353. The molecule has 1 aromatic heterocycles. The number of benzene rings is 1. The number of methoxy groups -OCH3 is 1. The summed E-state index contributed by atoms with van der Waals surface area (Å²) >= 11 is 1.04. The standard InChI is InChI=1S/C17H21N3O4S/c1-3-4-7-11-15(22)19-17(20-16(11)23)25-10-14(21)18-12-8-5-6-9-13(12)24-2/h5-6,8-9H,3-4,7,10H2,1-2H3,(H,18,21)(H2,19,20,22,23). The van der Waals surface area contributed by atoms with Crippen molar-refractivity contribution in [1.29, 1.82) is 0 Å². The van der Waals surface area contributed by atoms with Gasteiger partial charge in [0.15, 0.2) is 5.16 Å². The first-order valence-corrected chi connectivity index (χ1v) is 8.91. The van der Waals surface area contributed by atoms with E-state index in [4.69, 9.17) is 4.74 Å². The van der Waals surface area contributed by atoms with Crippen molar-refractivity contribution >= 4 is 23.4 Å². The highest BCUT2D eigenvalue weighted by Crippen LogP contribution is 2.24. The number of unbranched alkanes of at least 4 members (excludes halogenated alkanes) is 1. The lowest BCUT2D eigenvalue weighted by atomic mass is 10.1. The van der Waals surface area contributed by atoms with E-state index < -0.39 is 0 Å². The molecule has 0 atom stereocenters. The number of hydrogen-bond acceptors (Lipinski definition) is 6. The highest BCUT2D eigenvalue weighted by Gasteiger charge is 2.13. The number of ether oxygens (including phenoxy) is 1. The lowest BCUT2D eigenvalue weighted by molar-refractivity contribution is -0.113. The molecule has 3 N–H and O–H groups in total. The smallest absolute Gasteiger partial charge is 0.258 e. The van der Waals surface area contributed by atoms with Crippen molar-refractivity contribution in [2.45, 2.75) is 31.3 Å². The van der Waals surface area contributed by atoms with Crippen LogP contribution >= 0.6 is 11.8 Å². The predicted octanol–water partition coefficient (Wildman–Crippen LogP) is 2.56. The van der Waals surface area contributed by atoms with Crippen molar-refractivity contribution < 1.29 is 14.6 Å². The van der Waals surface area contributed by atoms with Crippen LogP contribution in [0.5, 0.6) is 11.6 Å². The van der Waals surface area contributed by atoms with Crippen LogP contribution in [0.4, 0.5) is 5.69 Å². The zero-order valence-corrected chi connectivity index (χ0v) is 15.0. The summed E-state index contributed by atoms with van der Waals surface area (Å²) in [7, 11) is 1.53. The Labute approximate surface area is 149 Å². The van der Waals surface area contributed by atoms with E-state index in [2.05, 4.69) is 15.3 Å². The van der Waals surface area contributed by atoms with Gasteiger partial charge in [0.05, 0.1) is 24.1 Å². The van der Waals surface area contributed by atoms with E-state index >= 15 is 0 Å². The van der Waals surface area contributed by atoms with Crippen LogP contribution in [0, 0.1) is 0 Å². The van der Waals surface area contributed by atoms with Gasteiger partial charge in [0.1, 0.15) is 5.75 Å². The fourth-order valence-corrected chi connectivity index (χ4v) is 2.84. The molecule has 134 valence electrons. The van der Waals surface area contributed by atoms with Crippen LogP contribution in [0.15, 0.2) is 34.2 Å². The highest BCUT2D eigenvalue weighted by atomic mass is 32.2. The minimum Gasteiger partial charge on any atom is -0.495 e. The largest absolute Gasteiger partial charge is 0.495 e. The molecule has 0 fully saturated rings. The van der Waals surface area contributed by atoms with Crippen molar-refractivity contribution in [3.63, 3.8) is 0 Å². The van der Waals surface area contributed by atoms with Gasteiger partial charge in [-0.3, -0.25) is 9.59 Å². The van der Waals surface area contributed by atoms with E-state index in [1.807, 2.05) is 6.92 Å². The summed E-state index contributed by atoms with van der Waals surface area (Å²) in [5, 5.41) is 12.8. The van der Waals surface area contributed by atoms with Gasteiger partial charge in [-0.05, 0) is 25.0 Å². The molecule has 0 aliphatic heterocycles. The maximum atomic E-state index is 12.1. The Kier molecular flexibility index (Phi) is 6.88. The zero-order valence-electron chi connectivity index (χ0n) is 14.2. The molecule has 0 saturated carbocycles. The van der Waals surface area contributed by atoms with Crippen molar-refractivity contribution in [2.24, 2.45) is 0 Å². The molecule has 0 radical (unpaired) electrons. The fourth-order valence-electron chi connectivity index (χ4n) is 2.18. The molecule has 0 saturated heterocycles. The van der Waals surface area contributed by atoms with Gasteiger partial charge in [-0.1, -0.05) is 37.2 Å². The number of rotatable bonds is 8. The third kappa shape index (κ3) is 5.25. The molecule has 8 heteroatoms. The molecular formula is C17H21N3O4S. The molecule has 0 aliphatic rings. The normalized spacial score (nSPS) is 10.5. The van der Waals surface area contributed by atoms with E-state index in [1.54, 1.807) is 24.3 Å². The van der Waals surface area contributed by atoms with Gasteiger partial charge in [-0.2, -0.15) is 4.98 Å². The average Bonchev–Trinajstić information content (AvgIpc) is 2.60. The Morgan fingerprint density at radius 3 is 2.84 bits per heavy atom. The number of H-pyrrole nitrogens is 1. The molecule has 7 nitrogen and oxygen atoms in total. The number of hydrogen-bond donors (Lipinski definition) is 3. The van der Waals surface area contributed by atoms with Crippen molar-refractivity contribution in [1.82, 2.24) is 9.97 Å². The van der Waals surface area contributed by atoms with E-state index in [-0.39, 0.29) is 33.8 Å². The number of aromatic hydroxyl groups is 1.